The number of carbonyl (C=O) groups is 2. The Morgan fingerprint density at radius 2 is 1.96 bits per heavy atom. The van der Waals surface area contributed by atoms with Gasteiger partial charge in [-0.3, -0.25) is 4.79 Å². The first-order valence-electron chi connectivity index (χ1n) is 7.90. The molecule has 2 amide bonds. The molecule has 0 aliphatic heterocycles. The Hall–Kier alpha value is -1.75. The highest BCUT2D eigenvalue weighted by atomic mass is 35.5. The van der Waals surface area contributed by atoms with E-state index < -0.39 is 6.09 Å². The van der Waals surface area contributed by atoms with Gasteiger partial charge < -0.3 is 15.0 Å². The number of nitrogens with one attached hydrogen (secondary N) is 1. The van der Waals surface area contributed by atoms with Gasteiger partial charge in [-0.05, 0) is 18.4 Å². The van der Waals surface area contributed by atoms with E-state index in [0.717, 1.165) is 31.2 Å². The molecule has 1 fully saturated rings. The Labute approximate surface area is 141 Å². The Morgan fingerprint density at radius 3 is 2.65 bits per heavy atom. The fraction of sp³-hybridized carbons (Fsp3) is 0.529. The summed E-state index contributed by atoms with van der Waals surface area (Å²) in [4.78, 5) is 25.5. The first kappa shape index (κ1) is 17.6. The van der Waals surface area contributed by atoms with Crippen LogP contribution in [-0.4, -0.2) is 41.9 Å². The number of alkyl carbamates (subject to hydrolysis) is 1. The van der Waals surface area contributed by atoms with Crippen LogP contribution in [-0.2, 0) is 16.1 Å². The third-order valence-corrected chi connectivity index (χ3v) is 4.48. The van der Waals surface area contributed by atoms with Crippen molar-refractivity contribution >= 4 is 23.6 Å². The second-order valence-corrected chi connectivity index (χ2v) is 6.07. The van der Waals surface area contributed by atoms with E-state index in [1.807, 2.05) is 30.3 Å². The van der Waals surface area contributed by atoms with Crippen molar-refractivity contribution in [2.24, 2.45) is 0 Å². The van der Waals surface area contributed by atoms with Gasteiger partial charge in [-0.1, -0.05) is 43.2 Å². The minimum Gasteiger partial charge on any atom is -0.445 e. The third kappa shape index (κ3) is 5.13. The van der Waals surface area contributed by atoms with Crippen LogP contribution >= 0.6 is 11.6 Å². The van der Waals surface area contributed by atoms with Crippen molar-refractivity contribution in [3.8, 4) is 0 Å². The molecule has 1 aromatic carbocycles. The zero-order valence-corrected chi connectivity index (χ0v) is 14.1. The first-order chi connectivity index (χ1) is 11.1. The molecule has 23 heavy (non-hydrogen) atoms. The van der Waals surface area contributed by atoms with Crippen LogP contribution in [0.5, 0.6) is 0 Å². The summed E-state index contributed by atoms with van der Waals surface area (Å²) in [5.74, 6) is -0.166. The maximum Gasteiger partial charge on any atom is 0.407 e. The summed E-state index contributed by atoms with van der Waals surface area (Å²) in [5, 5.41) is 2.90. The molecule has 1 aliphatic carbocycles. The van der Waals surface area contributed by atoms with Crippen molar-refractivity contribution in [3.63, 3.8) is 0 Å². The molecule has 2 rings (SSSR count). The van der Waals surface area contributed by atoms with Crippen LogP contribution in [0.15, 0.2) is 30.3 Å². The number of rotatable bonds is 5. The van der Waals surface area contributed by atoms with Gasteiger partial charge in [0.15, 0.2) is 0 Å². The third-order valence-electron chi connectivity index (χ3n) is 4.25. The van der Waals surface area contributed by atoms with E-state index >= 15 is 0 Å². The van der Waals surface area contributed by atoms with Crippen LogP contribution in [0.25, 0.3) is 0 Å². The number of nitrogens with zero attached hydrogens (tertiary/aromatic N) is 1. The van der Waals surface area contributed by atoms with E-state index in [9.17, 15) is 9.59 Å². The van der Waals surface area contributed by atoms with E-state index in [1.165, 1.54) is 0 Å². The average Bonchev–Trinajstić information content (AvgIpc) is 2.60. The number of likely N-dealkylation sites (N-methyl/N-ethyl adjacent to an activating group) is 1. The highest BCUT2D eigenvalue weighted by molar-refractivity contribution is 6.27. The average molecular weight is 339 g/mol. The lowest BCUT2D eigenvalue weighted by atomic mass is 9.89. The lowest BCUT2D eigenvalue weighted by Crippen LogP contribution is -2.54. The molecule has 126 valence electrons. The summed E-state index contributed by atoms with van der Waals surface area (Å²) in [6.45, 7) is 0.237. The molecule has 2 atom stereocenters. The summed E-state index contributed by atoms with van der Waals surface area (Å²) < 4.78 is 5.27. The van der Waals surface area contributed by atoms with Gasteiger partial charge in [0.25, 0.3) is 0 Å². The van der Waals surface area contributed by atoms with Crippen molar-refractivity contribution in [1.82, 2.24) is 10.2 Å². The van der Waals surface area contributed by atoms with Crippen molar-refractivity contribution in [2.45, 2.75) is 44.4 Å². The normalized spacial score (nSPS) is 20.6. The molecule has 0 heterocycles. The molecular weight excluding hydrogens is 316 g/mol. The summed E-state index contributed by atoms with van der Waals surface area (Å²) in [5.41, 5.74) is 0.942. The summed E-state index contributed by atoms with van der Waals surface area (Å²) in [6, 6.07) is 9.41. The maximum atomic E-state index is 12.0. The molecule has 0 spiro atoms. The SMILES string of the molecule is CN(C(=O)CCl)[C@@H]1CCCC[C@@H]1NC(=O)OCc1ccccc1. The van der Waals surface area contributed by atoms with Crippen molar-refractivity contribution in [3.05, 3.63) is 35.9 Å². The van der Waals surface area contributed by atoms with Crippen LogP contribution in [0, 0.1) is 0 Å². The molecule has 1 N–H and O–H groups in total. The van der Waals surface area contributed by atoms with Gasteiger partial charge in [0.1, 0.15) is 12.5 Å². The largest absolute Gasteiger partial charge is 0.445 e. The molecule has 1 saturated carbocycles. The maximum absolute atomic E-state index is 12.0. The summed E-state index contributed by atoms with van der Waals surface area (Å²) in [6.07, 6.45) is 3.33. The summed E-state index contributed by atoms with van der Waals surface area (Å²) in [7, 11) is 1.74. The molecule has 0 radical (unpaired) electrons. The second-order valence-electron chi connectivity index (χ2n) is 5.80. The van der Waals surface area contributed by atoms with Gasteiger partial charge in [-0.2, -0.15) is 0 Å². The van der Waals surface area contributed by atoms with E-state index in [4.69, 9.17) is 16.3 Å². The van der Waals surface area contributed by atoms with Crippen LogP contribution in [0.2, 0.25) is 0 Å². The van der Waals surface area contributed by atoms with Crippen molar-refractivity contribution in [2.75, 3.05) is 12.9 Å². The van der Waals surface area contributed by atoms with Gasteiger partial charge >= 0.3 is 6.09 Å². The van der Waals surface area contributed by atoms with Crippen LogP contribution < -0.4 is 5.32 Å². The summed E-state index contributed by atoms with van der Waals surface area (Å²) >= 11 is 5.63. The minimum atomic E-state index is -0.447. The quantitative estimate of drug-likeness (QED) is 0.840. The van der Waals surface area contributed by atoms with E-state index in [1.54, 1.807) is 11.9 Å². The predicted molar refractivity (Wildman–Crippen MR) is 89.3 cm³/mol. The zero-order valence-electron chi connectivity index (χ0n) is 13.3. The van der Waals surface area contributed by atoms with E-state index in [2.05, 4.69) is 5.32 Å². The van der Waals surface area contributed by atoms with Gasteiger partial charge in [0.05, 0.1) is 12.1 Å². The molecule has 0 bridgehead atoms. The van der Waals surface area contributed by atoms with Gasteiger partial charge in [-0.15, -0.1) is 11.6 Å². The number of carbonyl (C=O) groups excluding carboxylic acids is 2. The predicted octanol–water partition coefficient (Wildman–Crippen LogP) is 2.92. The number of alkyl halides is 1. The standard InChI is InChI=1S/C17H23ClN2O3/c1-20(16(21)11-18)15-10-6-5-9-14(15)19-17(22)23-12-13-7-3-2-4-8-13/h2-4,7-8,14-15H,5-6,9-12H2,1H3,(H,19,22)/t14-,15+/m0/s1. The number of hydrogen-bond donors (Lipinski definition) is 1. The number of halogens is 1. The molecule has 1 aromatic rings. The van der Waals surface area contributed by atoms with Crippen molar-refractivity contribution < 1.29 is 14.3 Å². The highest BCUT2D eigenvalue weighted by Crippen LogP contribution is 2.23. The zero-order chi connectivity index (χ0) is 16.7. The molecule has 0 aromatic heterocycles. The van der Waals surface area contributed by atoms with Gasteiger partial charge in [0.2, 0.25) is 5.91 Å². The van der Waals surface area contributed by atoms with Crippen molar-refractivity contribution in [1.29, 1.82) is 0 Å². The van der Waals surface area contributed by atoms with Crippen LogP contribution in [0.1, 0.15) is 31.2 Å². The molecule has 0 saturated heterocycles. The monoisotopic (exact) mass is 338 g/mol. The molecular formula is C17H23ClN2O3. The van der Waals surface area contributed by atoms with Gasteiger partial charge in [0, 0.05) is 7.05 Å². The Balaban J connectivity index is 1.88. The Morgan fingerprint density at radius 1 is 1.26 bits per heavy atom. The molecule has 5 nitrogen and oxygen atoms in total. The minimum absolute atomic E-state index is 0.0284. The lowest BCUT2D eigenvalue weighted by Gasteiger charge is -2.37. The topological polar surface area (TPSA) is 58.6 Å². The molecule has 1 aliphatic rings. The van der Waals surface area contributed by atoms with Crippen LogP contribution in [0.4, 0.5) is 4.79 Å². The van der Waals surface area contributed by atoms with E-state index in [-0.39, 0.29) is 30.5 Å². The van der Waals surface area contributed by atoms with E-state index in [0.29, 0.717) is 0 Å². The lowest BCUT2D eigenvalue weighted by molar-refractivity contribution is -0.130. The Kier molecular flexibility index (Phi) is 6.71. The fourth-order valence-corrected chi connectivity index (χ4v) is 3.13. The molecule has 0 unspecified atom stereocenters. The second kappa shape index (κ2) is 8.77. The number of benzene rings is 1. The van der Waals surface area contributed by atoms with Crippen LogP contribution in [0.3, 0.4) is 0 Å². The highest BCUT2D eigenvalue weighted by Gasteiger charge is 2.31. The number of ether oxygens (including phenoxy) is 1. The van der Waals surface area contributed by atoms with Gasteiger partial charge in [-0.25, -0.2) is 4.79 Å². The number of amides is 2. The fourth-order valence-electron chi connectivity index (χ4n) is 2.94. The Bertz CT molecular complexity index is 524. The molecule has 6 heteroatoms. The smallest absolute Gasteiger partial charge is 0.407 e. The first-order valence-corrected chi connectivity index (χ1v) is 8.44. The number of hydrogen-bond acceptors (Lipinski definition) is 3.